The summed E-state index contributed by atoms with van der Waals surface area (Å²) >= 11 is 1.38. The Morgan fingerprint density at radius 2 is 2.15 bits per heavy atom. The van der Waals surface area contributed by atoms with Crippen LogP contribution in [0, 0.1) is 6.92 Å². The summed E-state index contributed by atoms with van der Waals surface area (Å²) in [7, 11) is 0. The molecule has 1 fully saturated rings. The third-order valence-corrected chi connectivity index (χ3v) is 5.07. The van der Waals surface area contributed by atoms with Gasteiger partial charge in [0.05, 0.1) is 18.2 Å². The largest absolute Gasteiger partial charge is 0.376 e. The summed E-state index contributed by atoms with van der Waals surface area (Å²) in [5, 5.41) is 5.20. The fourth-order valence-corrected chi connectivity index (χ4v) is 3.62. The number of aromatic nitrogens is 1. The third-order valence-electron chi connectivity index (χ3n) is 4.20. The van der Waals surface area contributed by atoms with Gasteiger partial charge in [-0.1, -0.05) is 30.3 Å². The molecular weight excluding hydrogens is 350 g/mol. The Hall–Kier alpha value is -2.25. The van der Waals surface area contributed by atoms with Crippen molar-refractivity contribution in [2.45, 2.75) is 32.3 Å². The number of anilines is 1. The Morgan fingerprint density at radius 3 is 2.81 bits per heavy atom. The molecule has 1 aromatic carbocycles. The van der Waals surface area contributed by atoms with Crippen LogP contribution in [0.2, 0.25) is 0 Å². The van der Waals surface area contributed by atoms with Gasteiger partial charge in [-0.15, -0.1) is 11.3 Å². The number of ether oxygens (including phenoxy) is 1. The van der Waals surface area contributed by atoms with Crippen LogP contribution in [0.25, 0.3) is 0 Å². The molecule has 26 heavy (non-hydrogen) atoms. The van der Waals surface area contributed by atoms with Crippen molar-refractivity contribution in [3.8, 4) is 0 Å². The SMILES string of the molecule is Cc1csc(NC(=O)CN(C[C@H]2CCCO2)C(=O)Cc2ccccc2)n1. The topological polar surface area (TPSA) is 71.5 Å². The maximum atomic E-state index is 12.8. The zero-order valence-electron chi connectivity index (χ0n) is 14.8. The predicted molar refractivity (Wildman–Crippen MR) is 101 cm³/mol. The Morgan fingerprint density at radius 1 is 1.35 bits per heavy atom. The van der Waals surface area contributed by atoms with Crippen molar-refractivity contribution >= 4 is 28.3 Å². The van der Waals surface area contributed by atoms with E-state index in [-0.39, 0.29) is 30.9 Å². The first-order valence-corrected chi connectivity index (χ1v) is 9.63. The molecule has 1 atom stereocenters. The van der Waals surface area contributed by atoms with Gasteiger partial charge in [0.2, 0.25) is 11.8 Å². The summed E-state index contributed by atoms with van der Waals surface area (Å²) < 4.78 is 5.65. The minimum absolute atomic E-state index is 0.00412. The van der Waals surface area contributed by atoms with Gasteiger partial charge in [-0.25, -0.2) is 4.98 Å². The molecule has 2 aromatic rings. The van der Waals surface area contributed by atoms with Crippen LogP contribution >= 0.6 is 11.3 Å². The molecule has 0 aliphatic carbocycles. The number of hydrogen-bond acceptors (Lipinski definition) is 5. The van der Waals surface area contributed by atoms with Crippen LogP contribution < -0.4 is 5.32 Å². The molecule has 1 aliphatic rings. The van der Waals surface area contributed by atoms with E-state index < -0.39 is 0 Å². The van der Waals surface area contributed by atoms with Gasteiger partial charge in [-0.3, -0.25) is 9.59 Å². The standard InChI is InChI=1S/C19H23N3O3S/c1-14-13-26-19(20-14)21-17(23)12-22(11-16-8-5-9-25-16)18(24)10-15-6-3-2-4-7-15/h2-4,6-7,13,16H,5,8-12H2,1H3,(H,20,21,23)/t16-/m1/s1. The van der Waals surface area contributed by atoms with Crippen LogP contribution in [0.4, 0.5) is 5.13 Å². The van der Waals surface area contributed by atoms with Crippen LogP contribution in [-0.4, -0.2) is 47.5 Å². The van der Waals surface area contributed by atoms with Gasteiger partial charge in [-0.05, 0) is 25.3 Å². The zero-order valence-corrected chi connectivity index (χ0v) is 15.6. The minimum atomic E-state index is -0.237. The first-order valence-electron chi connectivity index (χ1n) is 8.75. The molecule has 1 aliphatic heterocycles. The number of carbonyl (C=O) groups excluding carboxylic acids is 2. The second kappa shape index (κ2) is 8.91. The van der Waals surface area contributed by atoms with E-state index in [0.29, 0.717) is 11.7 Å². The lowest BCUT2D eigenvalue weighted by atomic mass is 10.1. The van der Waals surface area contributed by atoms with Crippen molar-refractivity contribution in [1.82, 2.24) is 9.88 Å². The van der Waals surface area contributed by atoms with Gasteiger partial charge in [0.15, 0.2) is 5.13 Å². The van der Waals surface area contributed by atoms with Crippen molar-refractivity contribution in [1.29, 1.82) is 0 Å². The maximum Gasteiger partial charge on any atom is 0.245 e. The van der Waals surface area contributed by atoms with E-state index >= 15 is 0 Å². The number of rotatable bonds is 7. The van der Waals surface area contributed by atoms with Crippen LogP contribution in [0.15, 0.2) is 35.7 Å². The molecule has 138 valence electrons. The number of hydrogen-bond donors (Lipinski definition) is 1. The number of nitrogens with one attached hydrogen (secondary N) is 1. The zero-order chi connectivity index (χ0) is 18.4. The summed E-state index contributed by atoms with van der Waals surface area (Å²) in [4.78, 5) is 31.0. The number of amides is 2. The normalized spacial score (nSPS) is 16.4. The fourth-order valence-electron chi connectivity index (χ4n) is 2.91. The first kappa shape index (κ1) is 18.5. The second-order valence-electron chi connectivity index (χ2n) is 6.41. The molecule has 2 heterocycles. The average molecular weight is 373 g/mol. The lowest BCUT2D eigenvalue weighted by Crippen LogP contribution is -2.43. The number of benzene rings is 1. The maximum absolute atomic E-state index is 12.8. The molecule has 2 amide bonds. The summed E-state index contributed by atoms with van der Waals surface area (Å²) in [6, 6.07) is 9.57. The minimum Gasteiger partial charge on any atom is -0.376 e. The highest BCUT2D eigenvalue weighted by atomic mass is 32.1. The van der Waals surface area contributed by atoms with Crippen molar-refractivity contribution < 1.29 is 14.3 Å². The van der Waals surface area contributed by atoms with E-state index in [9.17, 15) is 9.59 Å². The van der Waals surface area contributed by atoms with Gasteiger partial charge in [0.1, 0.15) is 6.54 Å². The second-order valence-corrected chi connectivity index (χ2v) is 7.27. The van der Waals surface area contributed by atoms with E-state index in [4.69, 9.17) is 4.74 Å². The highest BCUT2D eigenvalue weighted by Crippen LogP contribution is 2.16. The highest BCUT2D eigenvalue weighted by molar-refractivity contribution is 7.13. The van der Waals surface area contributed by atoms with Crippen LogP contribution in [0.3, 0.4) is 0 Å². The monoisotopic (exact) mass is 373 g/mol. The highest BCUT2D eigenvalue weighted by Gasteiger charge is 2.24. The van der Waals surface area contributed by atoms with Crippen molar-refractivity contribution in [2.75, 3.05) is 25.0 Å². The third kappa shape index (κ3) is 5.37. The molecular formula is C19H23N3O3S. The summed E-state index contributed by atoms with van der Waals surface area (Å²) in [6.07, 6.45) is 2.19. The number of carbonyl (C=O) groups is 2. The van der Waals surface area contributed by atoms with Crippen LogP contribution in [0.1, 0.15) is 24.1 Å². The number of aryl methyl sites for hydroxylation is 1. The molecule has 3 rings (SSSR count). The summed E-state index contributed by atoms with van der Waals surface area (Å²) in [5.41, 5.74) is 1.80. The fraction of sp³-hybridized carbons (Fsp3) is 0.421. The van der Waals surface area contributed by atoms with Crippen LogP contribution in [0.5, 0.6) is 0 Å². The first-order chi connectivity index (χ1) is 12.6. The van der Waals surface area contributed by atoms with Gasteiger partial charge in [0, 0.05) is 18.5 Å². The van der Waals surface area contributed by atoms with E-state index in [0.717, 1.165) is 30.7 Å². The molecule has 1 saturated heterocycles. The Bertz CT molecular complexity index is 741. The summed E-state index contributed by atoms with van der Waals surface area (Å²) in [5.74, 6) is -0.309. The van der Waals surface area contributed by atoms with Crippen molar-refractivity contribution in [2.24, 2.45) is 0 Å². The smallest absolute Gasteiger partial charge is 0.245 e. The predicted octanol–water partition coefficient (Wildman–Crippen LogP) is 2.64. The molecule has 0 bridgehead atoms. The molecule has 7 heteroatoms. The number of nitrogens with zero attached hydrogens (tertiary/aromatic N) is 2. The molecule has 0 unspecified atom stereocenters. The molecule has 6 nitrogen and oxygen atoms in total. The molecule has 1 aromatic heterocycles. The van der Waals surface area contributed by atoms with E-state index in [1.54, 1.807) is 4.90 Å². The lowest BCUT2D eigenvalue weighted by Gasteiger charge is -2.25. The van der Waals surface area contributed by atoms with E-state index in [1.165, 1.54) is 11.3 Å². The van der Waals surface area contributed by atoms with Gasteiger partial charge >= 0.3 is 0 Å². The Kier molecular flexibility index (Phi) is 6.35. The quantitative estimate of drug-likeness (QED) is 0.810. The van der Waals surface area contributed by atoms with E-state index in [2.05, 4.69) is 10.3 Å². The molecule has 0 radical (unpaired) electrons. The number of thiazole rings is 1. The molecule has 0 spiro atoms. The van der Waals surface area contributed by atoms with Gasteiger partial charge in [0.25, 0.3) is 0 Å². The summed E-state index contributed by atoms with van der Waals surface area (Å²) in [6.45, 7) is 3.04. The Labute approximate surface area is 157 Å². The van der Waals surface area contributed by atoms with Crippen molar-refractivity contribution in [3.63, 3.8) is 0 Å². The Balaban J connectivity index is 1.63. The van der Waals surface area contributed by atoms with Crippen molar-refractivity contribution in [3.05, 3.63) is 47.0 Å². The average Bonchev–Trinajstić information content (AvgIpc) is 3.27. The molecule has 1 N–H and O–H groups in total. The van der Waals surface area contributed by atoms with Gasteiger partial charge in [-0.2, -0.15) is 0 Å². The van der Waals surface area contributed by atoms with E-state index in [1.807, 2.05) is 42.6 Å². The van der Waals surface area contributed by atoms with Gasteiger partial charge < -0.3 is 15.0 Å². The molecule has 0 saturated carbocycles. The van der Waals surface area contributed by atoms with Crippen LogP contribution in [-0.2, 0) is 20.7 Å². The lowest BCUT2D eigenvalue weighted by molar-refractivity contribution is -0.135.